The van der Waals surface area contributed by atoms with E-state index in [0.717, 1.165) is 10.2 Å². The van der Waals surface area contributed by atoms with Crippen molar-refractivity contribution >= 4 is 33.8 Å². The number of hydrogen-bond donors (Lipinski definition) is 2. The van der Waals surface area contributed by atoms with E-state index >= 15 is 0 Å². The molecule has 0 bridgehead atoms. The molecule has 2 aliphatic carbocycles. The van der Waals surface area contributed by atoms with Gasteiger partial charge in [-0.1, -0.05) is 82.0 Å². The molecular weight excluding hydrogens is 360 g/mol. The molecule has 0 saturated heterocycles. The Labute approximate surface area is 167 Å². The number of nitrogens with one attached hydrogen (secondary N) is 2. The summed E-state index contributed by atoms with van der Waals surface area (Å²) in [6.45, 7) is 0. The van der Waals surface area contributed by atoms with Crippen LogP contribution in [-0.4, -0.2) is 21.4 Å². The van der Waals surface area contributed by atoms with Crippen LogP contribution in [0.5, 0.6) is 0 Å². The number of nitrogens with zero attached hydrogens (tertiary/aromatic N) is 2. The fraction of sp³-hybridized carbons (Fsp3) is 0.850. The van der Waals surface area contributed by atoms with Crippen molar-refractivity contribution in [1.82, 2.24) is 15.5 Å². The molecule has 0 unspecified atom stereocenters. The maximum Gasteiger partial charge on any atom is 0.211 e. The normalized spacial score (nSPS) is 21.7. The Morgan fingerprint density at radius 1 is 0.769 bits per heavy atom. The minimum absolute atomic E-state index is 0.506. The van der Waals surface area contributed by atoms with E-state index in [9.17, 15) is 0 Å². The predicted octanol–water partition coefficient (Wildman–Crippen LogP) is 6.16. The average Bonchev–Trinajstić information content (AvgIpc) is 3.08. The van der Waals surface area contributed by atoms with Gasteiger partial charge in [0.05, 0.1) is 0 Å². The Morgan fingerprint density at radius 3 is 1.92 bits per heavy atom. The molecule has 2 saturated carbocycles. The maximum absolute atomic E-state index is 5.55. The molecule has 0 aliphatic heterocycles. The SMILES string of the molecule is S=C(Nc1nnc(C2CCCCCCC2)s1)NC1CCCCCCCC1. The lowest BCUT2D eigenvalue weighted by Crippen LogP contribution is -2.37. The van der Waals surface area contributed by atoms with Gasteiger partial charge < -0.3 is 10.6 Å². The third-order valence-electron chi connectivity index (χ3n) is 5.81. The van der Waals surface area contributed by atoms with Gasteiger partial charge in [0.1, 0.15) is 5.01 Å². The second kappa shape index (κ2) is 11.2. The molecule has 3 rings (SSSR count). The first-order chi connectivity index (χ1) is 12.8. The summed E-state index contributed by atoms with van der Waals surface area (Å²) in [6.07, 6.45) is 19.9. The Balaban J connectivity index is 1.48. The van der Waals surface area contributed by atoms with Crippen LogP contribution >= 0.6 is 23.6 Å². The highest BCUT2D eigenvalue weighted by molar-refractivity contribution is 7.80. The van der Waals surface area contributed by atoms with Gasteiger partial charge >= 0.3 is 0 Å². The van der Waals surface area contributed by atoms with E-state index in [-0.39, 0.29) is 0 Å². The van der Waals surface area contributed by atoms with Gasteiger partial charge in [0.25, 0.3) is 0 Å². The minimum Gasteiger partial charge on any atom is -0.360 e. The average molecular weight is 395 g/mol. The van der Waals surface area contributed by atoms with Crippen LogP contribution in [0.15, 0.2) is 0 Å². The molecule has 0 aromatic carbocycles. The third kappa shape index (κ3) is 6.76. The first kappa shape index (κ1) is 20.0. The topological polar surface area (TPSA) is 49.8 Å². The highest BCUT2D eigenvalue weighted by atomic mass is 32.1. The number of rotatable bonds is 3. The van der Waals surface area contributed by atoms with E-state index in [4.69, 9.17) is 12.2 Å². The molecule has 0 amide bonds. The van der Waals surface area contributed by atoms with Crippen LogP contribution in [0.4, 0.5) is 5.13 Å². The lowest BCUT2D eigenvalue weighted by molar-refractivity contribution is 0.453. The van der Waals surface area contributed by atoms with Crippen LogP contribution in [0.25, 0.3) is 0 Å². The van der Waals surface area contributed by atoms with Crippen molar-refractivity contribution in [3.05, 3.63) is 5.01 Å². The monoisotopic (exact) mass is 394 g/mol. The number of aromatic nitrogens is 2. The molecule has 2 N–H and O–H groups in total. The minimum atomic E-state index is 0.506. The summed E-state index contributed by atoms with van der Waals surface area (Å²) in [6, 6.07) is 0.506. The van der Waals surface area contributed by atoms with Crippen LogP contribution in [0.1, 0.15) is 107 Å². The molecule has 0 spiro atoms. The summed E-state index contributed by atoms with van der Waals surface area (Å²) in [4.78, 5) is 0. The highest BCUT2D eigenvalue weighted by Gasteiger charge is 2.19. The van der Waals surface area contributed by atoms with E-state index in [1.807, 2.05) is 0 Å². The van der Waals surface area contributed by atoms with Crippen LogP contribution in [0.3, 0.4) is 0 Å². The molecule has 26 heavy (non-hydrogen) atoms. The zero-order valence-corrected chi connectivity index (χ0v) is 17.6. The van der Waals surface area contributed by atoms with Crippen molar-refractivity contribution in [3.63, 3.8) is 0 Å². The molecule has 1 aromatic rings. The molecule has 2 fully saturated rings. The van der Waals surface area contributed by atoms with E-state index in [0.29, 0.717) is 12.0 Å². The van der Waals surface area contributed by atoms with Crippen LogP contribution in [-0.2, 0) is 0 Å². The summed E-state index contributed by atoms with van der Waals surface area (Å²) in [7, 11) is 0. The summed E-state index contributed by atoms with van der Waals surface area (Å²) < 4.78 is 0. The van der Waals surface area contributed by atoms with Crippen molar-refractivity contribution in [1.29, 1.82) is 0 Å². The van der Waals surface area contributed by atoms with E-state index in [1.165, 1.54) is 101 Å². The van der Waals surface area contributed by atoms with Crippen LogP contribution in [0, 0.1) is 0 Å². The first-order valence-corrected chi connectivity index (χ1v) is 11.9. The number of hydrogen-bond acceptors (Lipinski definition) is 4. The standard InChI is InChI=1S/C20H34N4S2/c25-19(21-17-14-10-6-1-2-7-11-15-17)22-20-24-23-18(26-20)16-12-8-4-3-5-9-13-16/h16-17H,1-15H2,(H2,21,22,24,25). The van der Waals surface area contributed by atoms with Crippen LogP contribution in [0.2, 0.25) is 0 Å². The van der Waals surface area contributed by atoms with Crippen molar-refractivity contribution in [3.8, 4) is 0 Å². The fourth-order valence-electron chi connectivity index (χ4n) is 4.25. The van der Waals surface area contributed by atoms with Crippen molar-refractivity contribution in [2.75, 3.05) is 5.32 Å². The van der Waals surface area contributed by atoms with E-state index in [1.54, 1.807) is 11.3 Å². The van der Waals surface area contributed by atoms with Crippen molar-refractivity contribution < 1.29 is 0 Å². The summed E-state index contributed by atoms with van der Waals surface area (Å²) >= 11 is 7.25. The second-order valence-electron chi connectivity index (χ2n) is 7.98. The van der Waals surface area contributed by atoms with Gasteiger partial charge in [0, 0.05) is 12.0 Å². The zero-order valence-electron chi connectivity index (χ0n) is 16.0. The second-order valence-corrected chi connectivity index (χ2v) is 9.40. The lowest BCUT2D eigenvalue weighted by atomic mass is 9.92. The third-order valence-corrected chi connectivity index (χ3v) is 7.03. The van der Waals surface area contributed by atoms with Crippen LogP contribution < -0.4 is 10.6 Å². The lowest BCUT2D eigenvalue weighted by Gasteiger charge is -2.19. The quantitative estimate of drug-likeness (QED) is 0.602. The molecule has 2 aliphatic rings. The highest BCUT2D eigenvalue weighted by Crippen LogP contribution is 2.33. The molecule has 0 radical (unpaired) electrons. The van der Waals surface area contributed by atoms with Crippen molar-refractivity contribution in [2.45, 2.75) is 108 Å². The van der Waals surface area contributed by atoms with E-state index < -0.39 is 0 Å². The first-order valence-electron chi connectivity index (χ1n) is 10.7. The van der Waals surface area contributed by atoms with E-state index in [2.05, 4.69) is 20.8 Å². The molecule has 4 nitrogen and oxygen atoms in total. The smallest absolute Gasteiger partial charge is 0.211 e. The number of anilines is 1. The van der Waals surface area contributed by atoms with Gasteiger partial charge in [0.2, 0.25) is 5.13 Å². The number of thiocarbonyl (C=S) groups is 1. The Bertz CT molecular complexity index is 528. The van der Waals surface area contributed by atoms with Gasteiger partial charge in [-0.3, -0.25) is 0 Å². The zero-order chi connectivity index (χ0) is 18.0. The molecule has 0 atom stereocenters. The predicted molar refractivity (Wildman–Crippen MR) is 115 cm³/mol. The van der Waals surface area contributed by atoms with Gasteiger partial charge in [-0.05, 0) is 37.9 Å². The molecule has 146 valence electrons. The summed E-state index contributed by atoms with van der Waals surface area (Å²) in [5.74, 6) is 0.597. The summed E-state index contributed by atoms with van der Waals surface area (Å²) in [5.41, 5.74) is 0. The van der Waals surface area contributed by atoms with Gasteiger partial charge in [-0.25, -0.2) is 0 Å². The molecule has 6 heteroatoms. The molecule has 1 aromatic heterocycles. The van der Waals surface area contributed by atoms with Gasteiger partial charge in [0.15, 0.2) is 5.11 Å². The molecular formula is C20H34N4S2. The molecule has 1 heterocycles. The Morgan fingerprint density at radius 2 is 1.31 bits per heavy atom. The fourth-order valence-corrected chi connectivity index (χ4v) is 5.49. The van der Waals surface area contributed by atoms with Gasteiger partial charge in [-0.15, -0.1) is 10.2 Å². The Hall–Kier alpha value is -0.750. The summed E-state index contributed by atoms with van der Waals surface area (Å²) in [5, 5.41) is 18.4. The van der Waals surface area contributed by atoms with Crippen molar-refractivity contribution in [2.24, 2.45) is 0 Å². The largest absolute Gasteiger partial charge is 0.360 e. The van der Waals surface area contributed by atoms with Gasteiger partial charge in [-0.2, -0.15) is 0 Å². The maximum atomic E-state index is 5.55. The Kier molecular flexibility index (Phi) is 8.59.